The van der Waals surface area contributed by atoms with Crippen molar-refractivity contribution in [3.8, 4) is 0 Å². The molecular formula is C18H18ClFN2O5S. The second-order valence-electron chi connectivity index (χ2n) is 5.89. The third kappa shape index (κ3) is 4.99. The van der Waals surface area contributed by atoms with Crippen LogP contribution in [0.3, 0.4) is 0 Å². The number of nitrogens with zero attached hydrogens (tertiary/aromatic N) is 1. The Kier molecular flexibility index (Phi) is 6.63. The molecule has 7 nitrogen and oxygen atoms in total. The van der Waals surface area contributed by atoms with E-state index in [9.17, 15) is 22.4 Å². The van der Waals surface area contributed by atoms with Crippen molar-refractivity contribution in [1.29, 1.82) is 0 Å². The average molecular weight is 429 g/mol. The van der Waals surface area contributed by atoms with Crippen LogP contribution in [-0.4, -0.2) is 39.7 Å². The van der Waals surface area contributed by atoms with Gasteiger partial charge in [-0.1, -0.05) is 17.7 Å². The predicted molar refractivity (Wildman–Crippen MR) is 105 cm³/mol. The number of halogens is 2. The number of esters is 1. The molecule has 0 radical (unpaired) electrons. The first kappa shape index (κ1) is 21.6. The van der Waals surface area contributed by atoms with Gasteiger partial charge in [0, 0.05) is 5.69 Å². The molecule has 1 atom stereocenters. The van der Waals surface area contributed by atoms with E-state index in [0.29, 0.717) is 0 Å². The van der Waals surface area contributed by atoms with Gasteiger partial charge in [0.15, 0.2) is 0 Å². The molecule has 0 saturated carbocycles. The molecule has 1 amide bonds. The van der Waals surface area contributed by atoms with Crippen LogP contribution in [0.2, 0.25) is 5.02 Å². The fourth-order valence-electron chi connectivity index (χ4n) is 2.54. The molecular weight excluding hydrogens is 411 g/mol. The fraction of sp³-hybridized carbons (Fsp3) is 0.222. The molecule has 0 unspecified atom stereocenters. The summed E-state index contributed by atoms with van der Waals surface area (Å²) in [5.41, 5.74) is 0.269. The Bertz CT molecular complexity index is 1010. The summed E-state index contributed by atoms with van der Waals surface area (Å²) in [7, 11) is -2.70. The third-order valence-electron chi connectivity index (χ3n) is 3.79. The van der Waals surface area contributed by atoms with Gasteiger partial charge in [0.1, 0.15) is 11.9 Å². The monoisotopic (exact) mass is 428 g/mol. The maximum Gasteiger partial charge on any atom is 0.339 e. The van der Waals surface area contributed by atoms with Crippen molar-refractivity contribution in [2.24, 2.45) is 0 Å². The zero-order chi connectivity index (χ0) is 21.1. The van der Waals surface area contributed by atoms with Crippen LogP contribution >= 0.6 is 11.6 Å². The van der Waals surface area contributed by atoms with Crippen molar-refractivity contribution in [3.05, 3.63) is 58.9 Å². The van der Waals surface area contributed by atoms with Gasteiger partial charge in [0.25, 0.3) is 0 Å². The van der Waals surface area contributed by atoms with Gasteiger partial charge in [-0.2, -0.15) is 0 Å². The highest BCUT2D eigenvalue weighted by atomic mass is 35.5. The van der Waals surface area contributed by atoms with Gasteiger partial charge in [-0.05, 0) is 43.3 Å². The topological polar surface area (TPSA) is 92.8 Å². The highest BCUT2D eigenvalue weighted by Gasteiger charge is 2.29. The van der Waals surface area contributed by atoms with E-state index in [0.717, 1.165) is 22.7 Å². The molecule has 2 aromatic carbocycles. The molecule has 10 heteroatoms. The van der Waals surface area contributed by atoms with Crippen LogP contribution in [0.5, 0.6) is 0 Å². The number of nitrogens with one attached hydrogen (secondary N) is 1. The van der Waals surface area contributed by atoms with Crippen LogP contribution in [0.1, 0.15) is 17.3 Å². The SMILES string of the molecule is COC(=O)c1cc(NC(=O)[C@@H](C)N(c2cccc(F)c2)S(C)(=O)=O)ccc1Cl. The van der Waals surface area contributed by atoms with E-state index < -0.39 is 33.8 Å². The zero-order valence-electron chi connectivity index (χ0n) is 15.3. The summed E-state index contributed by atoms with van der Waals surface area (Å²) in [6, 6.07) is 7.86. The lowest BCUT2D eigenvalue weighted by molar-refractivity contribution is -0.116. The summed E-state index contributed by atoms with van der Waals surface area (Å²) in [6.45, 7) is 1.36. The molecule has 0 aliphatic carbocycles. The number of hydrogen-bond acceptors (Lipinski definition) is 5. The van der Waals surface area contributed by atoms with Crippen LogP contribution in [0.25, 0.3) is 0 Å². The first-order valence-corrected chi connectivity index (χ1v) is 10.2. The van der Waals surface area contributed by atoms with E-state index in [1.54, 1.807) is 0 Å². The number of benzene rings is 2. The van der Waals surface area contributed by atoms with Gasteiger partial charge in [-0.15, -0.1) is 0 Å². The summed E-state index contributed by atoms with van der Waals surface area (Å²) in [4.78, 5) is 24.4. The Morgan fingerprint density at radius 1 is 1.21 bits per heavy atom. The van der Waals surface area contributed by atoms with E-state index in [1.165, 1.54) is 44.4 Å². The smallest absolute Gasteiger partial charge is 0.339 e. The molecule has 1 N–H and O–H groups in total. The van der Waals surface area contributed by atoms with Crippen molar-refractivity contribution in [1.82, 2.24) is 0 Å². The van der Waals surface area contributed by atoms with Gasteiger partial charge in [0.2, 0.25) is 15.9 Å². The number of methoxy groups -OCH3 is 1. The molecule has 0 aliphatic rings. The Hall–Kier alpha value is -2.65. The van der Waals surface area contributed by atoms with Crippen LogP contribution in [0.4, 0.5) is 15.8 Å². The lowest BCUT2D eigenvalue weighted by Crippen LogP contribution is -2.45. The third-order valence-corrected chi connectivity index (χ3v) is 5.36. The van der Waals surface area contributed by atoms with Crippen molar-refractivity contribution in [2.45, 2.75) is 13.0 Å². The molecule has 2 rings (SSSR count). The van der Waals surface area contributed by atoms with Crippen molar-refractivity contribution in [2.75, 3.05) is 23.0 Å². The van der Waals surface area contributed by atoms with E-state index in [2.05, 4.69) is 10.1 Å². The lowest BCUT2D eigenvalue weighted by atomic mass is 10.2. The first-order valence-electron chi connectivity index (χ1n) is 7.98. The highest BCUT2D eigenvalue weighted by molar-refractivity contribution is 7.92. The summed E-state index contributed by atoms with van der Waals surface area (Å²) < 4.78 is 43.4. The van der Waals surface area contributed by atoms with Crippen molar-refractivity contribution in [3.63, 3.8) is 0 Å². The van der Waals surface area contributed by atoms with E-state index in [-0.39, 0.29) is 22.0 Å². The van der Waals surface area contributed by atoms with Gasteiger partial charge >= 0.3 is 5.97 Å². The Morgan fingerprint density at radius 2 is 1.89 bits per heavy atom. The maximum atomic E-state index is 13.5. The van der Waals surface area contributed by atoms with Crippen LogP contribution < -0.4 is 9.62 Å². The van der Waals surface area contributed by atoms with E-state index in [4.69, 9.17) is 11.6 Å². The number of hydrogen-bond donors (Lipinski definition) is 1. The predicted octanol–water partition coefficient (Wildman–Crippen LogP) is 3.06. The average Bonchev–Trinajstić information content (AvgIpc) is 2.61. The van der Waals surface area contributed by atoms with Crippen molar-refractivity contribution >= 4 is 44.9 Å². The van der Waals surface area contributed by atoms with Gasteiger partial charge in [-0.3, -0.25) is 9.10 Å². The molecule has 0 bridgehead atoms. The van der Waals surface area contributed by atoms with Crippen LogP contribution in [0.15, 0.2) is 42.5 Å². The molecule has 0 heterocycles. The minimum atomic E-state index is -3.89. The standard InChI is InChI=1S/C18H18ClFN2O5S/c1-11(22(28(3,25)26)14-6-4-5-12(20)9-14)17(23)21-13-7-8-16(19)15(10-13)18(24)27-2/h4-11H,1-3H3,(H,21,23)/t11-/m1/s1. The van der Waals surface area contributed by atoms with Gasteiger partial charge in [-0.25, -0.2) is 17.6 Å². The number of sulfonamides is 1. The largest absolute Gasteiger partial charge is 0.465 e. The Balaban J connectivity index is 2.33. The first-order chi connectivity index (χ1) is 13.0. The summed E-state index contributed by atoms with van der Waals surface area (Å²) in [5, 5.41) is 2.65. The molecule has 0 aliphatic heterocycles. The van der Waals surface area contributed by atoms with E-state index >= 15 is 0 Å². The van der Waals surface area contributed by atoms with Crippen LogP contribution in [-0.2, 0) is 19.6 Å². The number of amides is 1. The number of ether oxygens (including phenoxy) is 1. The molecule has 150 valence electrons. The minimum absolute atomic E-state index is 0.0107. The highest BCUT2D eigenvalue weighted by Crippen LogP contribution is 2.24. The molecule has 0 fully saturated rings. The van der Waals surface area contributed by atoms with Gasteiger partial charge in [0.05, 0.1) is 29.6 Å². The fourth-order valence-corrected chi connectivity index (χ4v) is 3.90. The zero-order valence-corrected chi connectivity index (χ0v) is 16.8. The summed E-state index contributed by atoms with van der Waals surface area (Å²) >= 11 is 5.94. The number of carbonyl (C=O) groups excluding carboxylic acids is 2. The molecule has 0 aromatic heterocycles. The molecule has 2 aromatic rings. The Morgan fingerprint density at radius 3 is 2.46 bits per heavy atom. The maximum absolute atomic E-state index is 13.5. The quantitative estimate of drug-likeness (QED) is 0.714. The summed E-state index contributed by atoms with van der Waals surface area (Å²) in [6.07, 6.45) is 0.916. The van der Waals surface area contributed by atoms with E-state index in [1.807, 2.05) is 0 Å². The normalized spacial score (nSPS) is 12.2. The number of carbonyl (C=O) groups is 2. The Labute approximate surface area is 167 Å². The molecule has 0 spiro atoms. The van der Waals surface area contributed by atoms with Crippen molar-refractivity contribution < 1.29 is 27.1 Å². The number of rotatable bonds is 6. The van der Waals surface area contributed by atoms with Crippen LogP contribution in [0, 0.1) is 5.82 Å². The second kappa shape index (κ2) is 8.57. The van der Waals surface area contributed by atoms with Gasteiger partial charge < -0.3 is 10.1 Å². The minimum Gasteiger partial charge on any atom is -0.465 e. The summed E-state index contributed by atoms with van der Waals surface area (Å²) in [5.74, 6) is -2.02. The number of anilines is 2. The molecule has 0 saturated heterocycles. The molecule has 28 heavy (non-hydrogen) atoms. The second-order valence-corrected chi connectivity index (χ2v) is 8.16. The lowest BCUT2D eigenvalue weighted by Gasteiger charge is -2.28.